The van der Waals surface area contributed by atoms with Crippen LogP contribution in [0.5, 0.6) is 0 Å². The van der Waals surface area contributed by atoms with Crippen molar-refractivity contribution in [2.45, 2.75) is 44.2 Å². The summed E-state index contributed by atoms with van der Waals surface area (Å²) in [6, 6.07) is 6.20. The minimum atomic E-state index is -0.640. The number of hydrogen-bond acceptors (Lipinski definition) is 3. The van der Waals surface area contributed by atoms with E-state index in [0.29, 0.717) is 24.2 Å². The van der Waals surface area contributed by atoms with E-state index in [0.717, 1.165) is 25.7 Å². The number of halogens is 1. The van der Waals surface area contributed by atoms with Crippen molar-refractivity contribution in [1.29, 1.82) is 5.26 Å². The highest BCUT2D eigenvalue weighted by molar-refractivity contribution is 5.37. The molecule has 2 rings (SSSR count). The van der Waals surface area contributed by atoms with Crippen LogP contribution in [-0.4, -0.2) is 17.3 Å². The molecule has 1 fully saturated rings. The predicted molar refractivity (Wildman–Crippen MR) is 70.9 cm³/mol. The van der Waals surface area contributed by atoms with Crippen molar-refractivity contribution in [2.75, 3.05) is 6.54 Å². The molecule has 0 aromatic heterocycles. The molecule has 0 atom stereocenters. The van der Waals surface area contributed by atoms with Crippen LogP contribution < -0.4 is 5.32 Å². The summed E-state index contributed by atoms with van der Waals surface area (Å²) >= 11 is 0. The van der Waals surface area contributed by atoms with Crippen molar-refractivity contribution in [3.8, 4) is 6.07 Å². The molecule has 2 N–H and O–H groups in total. The minimum absolute atomic E-state index is 0.341. The fraction of sp³-hybridized carbons (Fsp3) is 0.533. The Bertz CT molecular complexity index is 476. The molecule has 0 heterocycles. The maximum absolute atomic E-state index is 13.2. The summed E-state index contributed by atoms with van der Waals surface area (Å²) in [5, 5.41) is 22.4. The van der Waals surface area contributed by atoms with Crippen molar-refractivity contribution >= 4 is 0 Å². The molecule has 1 aliphatic carbocycles. The Labute approximate surface area is 113 Å². The summed E-state index contributed by atoms with van der Waals surface area (Å²) in [7, 11) is 0. The standard InChI is InChI=1S/C15H19FN2O/c16-14-5-4-12(9-17)13(8-14)10-18-11-15(19)6-2-1-3-7-15/h4-5,8,18-19H,1-3,6-7,10-11H2. The van der Waals surface area contributed by atoms with Gasteiger partial charge < -0.3 is 10.4 Å². The van der Waals surface area contributed by atoms with E-state index in [-0.39, 0.29) is 5.82 Å². The van der Waals surface area contributed by atoms with Gasteiger partial charge in [0.25, 0.3) is 0 Å². The highest BCUT2D eigenvalue weighted by atomic mass is 19.1. The lowest BCUT2D eigenvalue weighted by atomic mass is 9.85. The second-order valence-corrected chi connectivity index (χ2v) is 5.30. The van der Waals surface area contributed by atoms with Gasteiger partial charge in [0.15, 0.2) is 0 Å². The molecule has 1 aliphatic rings. The predicted octanol–water partition coefficient (Wildman–Crippen LogP) is 2.48. The van der Waals surface area contributed by atoms with E-state index in [1.165, 1.54) is 24.6 Å². The first-order valence-electron chi connectivity index (χ1n) is 6.75. The Balaban J connectivity index is 1.92. The van der Waals surface area contributed by atoms with Crippen LogP contribution in [0.2, 0.25) is 0 Å². The topological polar surface area (TPSA) is 56.0 Å². The number of nitrogens with one attached hydrogen (secondary N) is 1. The lowest BCUT2D eigenvalue weighted by Gasteiger charge is -2.32. The Morgan fingerprint density at radius 1 is 1.32 bits per heavy atom. The zero-order chi connectivity index (χ0) is 13.7. The molecule has 0 amide bonds. The summed E-state index contributed by atoms with van der Waals surface area (Å²) in [4.78, 5) is 0. The summed E-state index contributed by atoms with van der Waals surface area (Å²) in [6.07, 6.45) is 4.93. The zero-order valence-electron chi connectivity index (χ0n) is 11.0. The number of rotatable bonds is 4. The lowest BCUT2D eigenvalue weighted by Crippen LogP contribution is -2.42. The molecule has 19 heavy (non-hydrogen) atoms. The smallest absolute Gasteiger partial charge is 0.123 e. The molecule has 1 aromatic rings. The minimum Gasteiger partial charge on any atom is -0.389 e. The maximum Gasteiger partial charge on any atom is 0.123 e. The first-order valence-corrected chi connectivity index (χ1v) is 6.75. The van der Waals surface area contributed by atoms with Gasteiger partial charge in [-0.1, -0.05) is 19.3 Å². The summed E-state index contributed by atoms with van der Waals surface area (Å²) in [6.45, 7) is 0.900. The molecule has 0 bridgehead atoms. The van der Waals surface area contributed by atoms with Crippen LogP contribution in [0.15, 0.2) is 18.2 Å². The highest BCUT2D eigenvalue weighted by Gasteiger charge is 2.28. The van der Waals surface area contributed by atoms with Crippen LogP contribution in [0.1, 0.15) is 43.2 Å². The normalized spacial score (nSPS) is 17.9. The molecule has 1 aromatic carbocycles. The Morgan fingerprint density at radius 2 is 2.05 bits per heavy atom. The van der Waals surface area contributed by atoms with Gasteiger partial charge in [-0.25, -0.2) is 4.39 Å². The number of benzene rings is 1. The third-order valence-corrected chi connectivity index (χ3v) is 3.74. The first kappa shape index (κ1) is 14.0. The van der Waals surface area contributed by atoms with Crippen molar-refractivity contribution in [2.24, 2.45) is 0 Å². The molecule has 0 aliphatic heterocycles. The number of aliphatic hydroxyl groups is 1. The highest BCUT2D eigenvalue weighted by Crippen LogP contribution is 2.27. The molecule has 0 unspecified atom stereocenters. The lowest BCUT2D eigenvalue weighted by molar-refractivity contribution is 0.00467. The molecule has 0 spiro atoms. The third-order valence-electron chi connectivity index (χ3n) is 3.74. The van der Waals surface area contributed by atoms with Crippen molar-refractivity contribution in [3.05, 3.63) is 35.1 Å². The van der Waals surface area contributed by atoms with Crippen molar-refractivity contribution in [1.82, 2.24) is 5.32 Å². The molecule has 0 saturated heterocycles. The van der Waals surface area contributed by atoms with Gasteiger partial charge in [0.05, 0.1) is 17.2 Å². The van der Waals surface area contributed by atoms with Gasteiger partial charge in [-0.05, 0) is 36.6 Å². The molecular weight excluding hydrogens is 243 g/mol. The Kier molecular flexibility index (Phi) is 4.52. The Morgan fingerprint density at radius 3 is 2.74 bits per heavy atom. The quantitative estimate of drug-likeness (QED) is 0.876. The fourth-order valence-electron chi connectivity index (χ4n) is 2.63. The third kappa shape index (κ3) is 3.76. The van der Waals surface area contributed by atoms with Gasteiger partial charge >= 0.3 is 0 Å². The van der Waals surface area contributed by atoms with E-state index >= 15 is 0 Å². The van der Waals surface area contributed by atoms with Crippen LogP contribution >= 0.6 is 0 Å². The van der Waals surface area contributed by atoms with Crippen LogP contribution in [0, 0.1) is 17.1 Å². The number of hydrogen-bond donors (Lipinski definition) is 2. The van der Waals surface area contributed by atoms with Crippen LogP contribution in [0.25, 0.3) is 0 Å². The summed E-state index contributed by atoms with van der Waals surface area (Å²) < 4.78 is 13.2. The maximum atomic E-state index is 13.2. The van der Waals surface area contributed by atoms with Gasteiger partial charge in [0.2, 0.25) is 0 Å². The van der Waals surface area contributed by atoms with E-state index in [2.05, 4.69) is 11.4 Å². The average Bonchev–Trinajstić information content (AvgIpc) is 2.40. The average molecular weight is 262 g/mol. The second kappa shape index (κ2) is 6.14. The van der Waals surface area contributed by atoms with Crippen LogP contribution in [0.3, 0.4) is 0 Å². The van der Waals surface area contributed by atoms with E-state index in [9.17, 15) is 9.50 Å². The van der Waals surface area contributed by atoms with Crippen LogP contribution in [0.4, 0.5) is 4.39 Å². The number of nitriles is 1. The fourth-order valence-corrected chi connectivity index (χ4v) is 2.63. The van der Waals surface area contributed by atoms with E-state index in [4.69, 9.17) is 5.26 Å². The Hall–Kier alpha value is -1.44. The van der Waals surface area contributed by atoms with Gasteiger partial charge in [-0.2, -0.15) is 5.26 Å². The second-order valence-electron chi connectivity index (χ2n) is 5.30. The van der Waals surface area contributed by atoms with Gasteiger partial charge in [0, 0.05) is 13.1 Å². The largest absolute Gasteiger partial charge is 0.389 e. The molecule has 0 radical (unpaired) electrons. The van der Waals surface area contributed by atoms with E-state index < -0.39 is 5.60 Å². The number of nitrogens with zero attached hydrogens (tertiary/aromatic N) is 1. The molecule has 102 valence electrons. The SMILES string of the molecule is N#Cc1ccc(F)cc1CNCC1(O)CCCCC1. The molecule has 1 saturated carbocycles. The van der Waals surface area contributed by atoms with Gasteiger partial charge in [0.1, 0.15) is 5.82 Å². The zero-order valence-corrected chi connectivity index (χ0v) is 11.0. The molecule has 4 heteroatoms. The summed E-state index contributed by atoms with van der Waals surface area (Å²) in [5.74, 6) is -0.341. The molecule has 3 nitrogen and oxygen atoms in total. The monoisotopic (exact) mass is 262 g/mol. The van der Waals surface area contributed by atoms with Gasteiger partial charge in [-0.15, -0.1) is 0 Å². The van der Waals surface area contributed by atoms with Gasteiger partial charge in [-0.3, -0.25) is 0 Å². The summed E-state index contributed by atoms with van der Waals surface area (Å²) in [5.41, 5.74) is 0.477. The van der Waals surface area contributed by atoms with Crippen LogP contribution in [-0.2, 0) is 6.54 Å². The van der Waals surface area contributed by atoms with Crippen molar-refractivity contribution < 1.29 is 9.50 Å². The first-order chi connectivity index (χ1) is 9.13. The van der Waals surface area contributed by atoms with Crippen molar-refractivity contribution in [3.63, 3.8) is 0 Å². The van der Waals surface area contributed by atoms with E-state index in [1.807, 2.05) is 0 Å². The van der Waals surface area contributed by atoms with E-state index in [1.54, 1.807) is 0 Å². The molecular formula is C15H19FN2O.